The molecule has 1 unspecified atom stereocenters. The van der Waals surface area contributed by atoms with Crippen LogP contribution in [0.25, 0.3) is 0 Å². The fourth-order valence-corrected chi connectivity index (χ4v) is 10.1. The van der Waals surface area contributed by atoms with Gasteiger partial charge in [-0.3, -0.25) is 9.48 Å². The molecule has 1 fully saturated rings. The number of benzene rings is 3. The van der Waals surface area contributed by atoms with Crippen LogP contribution >= 0.6 is 22.6 Å². The van der Waals surface area contributed by atoms with Gasteiger partial charge in [0, 0.05) is 33.3 Å². The van der Waals surface area contributed by atoms with Crippen LogP contribution in [0, 0.1) is 9.49 Å². The van der Waals surface area contributed by atoms with Crippen LogP contribution in [0.1, 0.15) is 41.6 Å². The topological polar surface area (TPSA) is 80.5 Å². The average molecular weight is 711 g/mol. The van der Waals surface area contributed by atoms with Gasteiger partial charge in [0.05, 0.1) is 36.6 Å². The molecule has 6 rings (SSSR count). The molecule has 1 N–H and O–H groups in total. The summed E-state index contributed by atoms with van der Waals surface area (Å²) in [6.07, 6.45) is 1.86. The van der Waals surface area contributed by atoms with E-state index in [2.05, 4.69) is 32.9 Å². The van der Waals surface area contributed by atoms with E-state index in [0.29, 0.717) is 25.2 Å². The van der Waals surface area contributed by atoms with Crippen LogP contribution in [0.4, 0.5) is 9.80 Å². The van der Waals surface area contributed by atoms with Crippen LogP contribution in [0.5, 0.6) is 0 Å². The number of amides is 1. The van der Waals surface area contributed by atoms with Gasteiger partial charge in [0.1, 0.15) is 0 Å². The maximum atomic E-state index is 16.2. The van der Waals surface area contributed by atoms with E-state index in [1.165, 1.54) is 0 Å². The van der Waals surface area contributed by atoms with E-state index in [4.69, 9.17) is 4.74 Å². The summed E-state index contributed by atoms with van der Waals surface area (Å²) in [6.45, 7) is 6.23. The van der Waals surface area contributed by atoms with Gasteiger partial charge in [0.15, 0.2) is 5.60 Å². The molecular formula is C33H36FIN4O3Si. The standard InChI is InChI=1S/C33H36FIN4O3Si/c1-22-31(43(2,3)34)30(16-17-38-20-28(36-37-38)26(21-40)24-12-8-5-9-13-24)42-33(22)27-18-25(35)14-15-29(27)39(32(33)41)19-23-10-6-4-7-11-23/h4-15,18,20,22,26,30-31,40H,16-17,19,21H2,1-3H3/t22-,26?,30+,31-,33+/m0/s1. The van der Waals surface area contributed by atoms with Gasteiger partial charge in [-0.25, -0.2) is 0 Å². The molecule has 5 atom stereocenters. The quantitative estimate of drug-likeness (QED) is 0.123. The van der Waals surface area contributed by atoms with Crippen molar-refractivity contribution >= 4 is 42.6 Å². The molecule has 2 aliphatic rings. The number of aliphatic hydroxyl groups excluding tert-OH is 1. The lowest BCUT2D eigenvalue weighted by molar-refractivity contribution is -0.146. The number of hydrogen-bond acceptors (Lipinski definition) is 5. The highest BCUT2D eigenvalue weighted by Gasteiger charge is 2.66. The summed E-state index contributed by atoms with van der Waals surface area (Å²) in [6, 6.07) is 25.7. The lowest BCUT2D eigenvalue weighted by atomic mass is 9.82. The van der Waals surface area contributed by atoms with Crippen LogP contribution in [-0.4, -0.2) is 47.1 Å². The fraction of sp³-hybridized carbons (Fsp3) is 0.364. The number of ether oxygens (including phenoxy) is 1. The normalized spacial score (nSPS) is 24.1. The van der Waals surface area contributed by atoms with E-state index in [1.54, 1.807) is 17.8 Å². The van der Waals surface area contributed by atoms with Crippen molar-refractivity contribution in [1.82, 2.24) is 15.0 Å². The van der Waals surface area contributed by atoms with Crippen molar-refractivity contribution in [1.29, 1.82) is 0 Å². The Morgan fingerprint density at radius 2 is 1.79 bits per heavy atom. The second kappa shape index (κ2) is 11.9. The summed E-state index contributed by atoms with van der Waals surface area (Å²) in [4.78, 5) is 16.3. The summed E-state index contributed by atoms with van der Waals surface area (Å²) in [7, 11) is -3.28. The largest absolute Gasteiger partial charge is 0.395 e. The van der Waals surface area contributed by atoms with Crippen LogP contribution in [-0.2, 0) is 28.2 Å². The Morgan fingerprint density at radius 3 is 2.47 bits per heavy atom. The second-order valence-corrected chi connectivity index (χ2v) is 17.2. The Kier molecular flexibility index (Phi) is 8.31. The first-order valence-corrected chi connectivity index (χ1v) is 18.8. The SMILES string of the molecule is C[C@H]1[C@H]([Si](C)(C)F)[C@@H](CCn2cc(C(CO)c3ccccc3)nn2)O[C@]12C(=O)N(Cc1ccccc1)c1ccc(I)cc12. The number of aryl methyl sites for hydroxylation is 1. The number of carbonyl (C=O) groups is 1. The number of hydrogen-bond donors (Lipinski definition) is 1. The minimum atomic E-state index is -3.28. The predicted octanol–water partition coefficient (Wildman–Crippen LogP) is 6.42. The summed E-state index contributed by atoms with van der Waals surface area (Å²) in [5, 5.41) is 18.8. The molecule has 0 aliphatic carbocycles. The number of fused-ring (bicyclic) bond motifs is 2. The van der Waals surface area contributed by atoms with E-state index >= 15 is 4.11 Å². The number of anilines is 1. The number of nitrogens with zero attached hydrogens (tertiary/aromatic N) is 4. The maximum absolute atomic E-state index is 16.2. The van der Waals surface area contributed by atoms with Crippen molar-refractivity contribution in [2.24, 2.45) is 5.92 Å². The van der Waals surface area contributed by atoms with Crippen molar-refractivity contribution in [3.05, 3.63) is 111 Å². The summed E-state index contributed by atoms with van der Waals surface area (Å²) in [5.74, 6) is -0.752. The molecule has 3 heterocycles. The lowest BCUT2D eigenvalue weighted by Gasteiger charge is -2.31. The average Bonchev–Trinajstić information content (AvgIpc) is 3.64. The van der Waals surface area contributed by atoms with Crippen molar-refractivity contribution in [2.45, 2.75) is 62.7 Å². The number of carbonyl (C=O) groups excluding carboxylic acids is 1. The zero-order valence-electron chi connectivity index (χ0n) is 24.5. The van der Waals surface area contributed by atoms with Crippen molar-refractivity contribution in [3.8, 4) is 0 Å². The van der Waals surface area contributed by atoms with Crippen LogP contribution < -0.4 is 4.90 Å². The number of halogens is 2. The molecule has 1 amide bonds. The molecule has 43 heavy (non-hydrogen) atoms. The van der Waals surface area contributed by atoms with Crippen LogP contribution in [0.15, 0.2) is 85.1 Å². The Morgan fingerprint density at radius 1 is 1.09 bits per heavy atom. The third-order valence-electron chi connectivity index (χ3n) is 9.05. The van der Waals surface area contributed by atoms with Crippen molar-refractivity contribution < 1.29 is 18.7 Å². The molecule has 7 nitrogen and oxygen atoms in total. The van der Waals surface area contributed by atoms with Gasteiger partial charge in [-0.1, -0.05) is 72.8 Å². The zero-order chi connectivity index (χ0) is 30.4. The van der Waals surface area contributed by atoms with Gasteiger partial charge >= 0.3 is 0 Å². The van der Waals surface area contributed by atoms with E-state index in [0.717, 1.165) is 25.9 Å². The molecule has 2 aliphatic heterocycles. The first-order chi connectivity index (χ1) is 20.6. The first-order valence-electron chi connectivity index (χ1n) is 14.7. The Bertz CT molecular complexity index is 1600. The Labute approximate surface area is 266 Å². The third kappa shape index (κ3) is 5.47. The van der Waals surface area contributed by atoms with E-state index < -0.39 is 25.7 Å². The molecule has 4 aromatic rings. The summed E-state index contributed by atoms with van der Waals surface area (Å²) in [5.41, 5.74) is 2.68. The molecule has 1 aromatic heterocycles. The molecule has 0 radical (unpaired) electrons. The van der Waals surface area contributed by atoms with Gasteiger partial charge in [-0.2, -0.15) is 0 Å². The number of rotatable bonds is 9. The zero-order valence-corrected chi connectivity index (χ0v) is 27.7. The maximum Gasteiger partial charge on any atom is 0.264 e. The van der Waals surface area contributed by atoms with Gasteiger partial charge in [-0.05, 0) is 71.4 Å². The molecule has 1 saturated heterocycles. The molecule has 1 spiro atoms. The molecule has 10 heteroatoms. The van der Waals surface area contributed by atoms with Crippen LogP contribution in [0.3, 0.4) is 0 Å². The van der Waals surface area contributed by atoms with Gasteiger partial charge in [0.2, 0.25) is 8.41 Å². The Balaban J connectivity index is 1.30. The highest BCUT2D eigenvalue weighted by atomic mass is 127. The van der Waals surface area contributed by atoms with Gasteiger partial charge in [-0.15, -0.1) is 5.10 Å². The van der Waals surface area contributed by atoms with Crippen LogP contribution in [0.2, 0.25) is 18.6 Å². The lowest BCUT2D eigenvalue weighted by Crippen LogP contribution is -2.45. The van der Waals surface area contributed by atoms with E-state index in [9.17, 15) is 9.90 Å². The molecular weight excluding hydrogens is 674 g/mol. The summed E-state index contributed by atoms with van der Waals surface area (Å²) >= 11 is 2.27. The monoisotopic (exact) mass is 710 g/mol. The van der Waals surface area contributed by atoms with Crippen molar-refractivity contribution in [2.75, 3.05) is 11.5 Å². The van der Waals surface area contributed by atoms with E-state index in [1.807, 2.05) is 96.9 Å². The highest BCUT2D eigenvalue weighted by Crippen LogP contribution is 2.60. The number of aromatic nitrogens is 3. The van der Waals surface area contributed by atoms with E-state index in [-0.39, 0.29) is 24.3 Å². The predicted molar refractivity (Wildman–Crippen MR) is 175 cm³/mol. The second-order valence-electron chi connectivity index (χ2n) is 12.2. The summed E-state index contributed by atoms with van der Waals surface area (Å²) < 4.78 is 25.8. The minimum absolute atomic E-state index is 0.0853. The third-order valence-corrected chi connectivity index (χ3v) is 12.2. The molecule has 3 aromatic carbocycles. The fourth-order valence-electron chi connectivity index (χ4n) is 7.11. The molecule has 224 valence electrons. The molecule has 0 saturated carbocycles. The number of aliphatic hydroxyl groups is 1. The van der Waals surface area contributed by atoms with Gasteiger partial charge in [0.25, 0.3) is 5.91 Å². The van der Waals surface area contributed by atoms with Gasteiger partial charge < -0.3 is 18.9 Å². The first kappa shape index (κ1) is 30.1. The van der Waals surface area contributed by atoms with Crippen molar-refractivity contribution in [3.63, 3.8) is 0 Å². The minimum Gasteiger partial charge on any atom is -0.395 e. The smallest absolute Gasteiger partial charge is 0.264 e. The Hall–Kier alpha value is -2.93. The highest BCUT2D eigenvalue weighted by molar-refractivity contribution is 14.1. The molecule has 0 bridgehead atoms.